The third-order valence-electron chi connectivity index (χ3n) is 6.29. The molecule has 6 heteroatoms. The molecule has 0 radical (unpaired) electrons. The van der Waals surface area contributed by atoms with Gasteiger partial charge in [0.15, 0.2) is 11.5 Å². The first-order valence-electron chi connectivity index (χ1n) is 11.2. The zero-order valence-electron chi connectivity index (χ0n) is 19.4. The number of H-pyrrole nitrogens is 2. The fourth-order valence-electron chi connectivity index (χ4n) is 4.61. The lowest BCUT2D eigenvalue weighted by Gasteiger charge is -2.22. The van der Waals surface area contributed by atoms with Crippen LogP contribution < -0.4 is 14.8 Å². The van der Waals surface area contributed by atoms with Gasteiger partial charge < -0.3 is 24.8 Å². The molecule has 2 heterocycles. The minimum atomic E-state index is -0.156. The number of aromatic amines is 2. The van der Waals surface area contributed by atoms with Gasteiger partial charge in [0, 0.05) is 46.0 Å². The van der Waals surface area contributed by atoms with Crippen molar-refractivity contribution in [3.05, 3.63) is 95.3 Å². The van der Waals surface area contributed by atoms with E-state index in [-0.39, 0.29) is 11.8 Å². The highest BCUT2D eigenvalue weighted by Gasteiger charge is 2.24. The molecule has 6 nitrogen and oxygen atoms in total. The second-order valence-electron chi connectivity index (χ2n) is 8.41. The molecule has 0 spiro atoms. The maximum absolute atomic E-state index is 13.1. The van der Waals surface area contributed by atoms with Crippen molar-refractivity contribution in [3.63, 3.8) is 0 Å². The first-order chi connectivity index (χ1) is 16.6. The van der Waals surface area contributed by atoms with Crippen molar-refractivity contribution in [2.24, 2.45) is 0 Å². The molecule has 0 aliphatic rings. The van der Waals surface area contributed by atoms with Crippen LogP contribution in [0.5, 0.6) is 11.5 Å². The molecule has 1 unspecified atom stereocenters. The fraction of sp³-hybridized carbons (Fsp3) is 0.179. The van der Waals surface area contributed by atoms with Crippen molar-refractivity contribution >= 4 is 27.7 Å². The summed E-state index contributed by atoms with van der Waals surface area (Å²) >= 11 is 0. The Labute approximate surface area is 197 Å². The number of aryl methyl sites for hydroxylation is 1. The lowest BCUT2D eigenvalue weighted by atomic mass is 9.89. The van der Waals surface area contributed by atoms with Crippen LogP contribution in [0.15, 0.2) is 72.9 Å². The van der Waals surface area contributed by atoms with Crippen molar-refractivity contribution in [3.8, 4) is 11.5 Å². The Hall–Kier alpha value is -4.19. The third-order valence-corrected chi connectivity index (χ3v) is 6.29. The molecule has 0 aliphatic heterocycles. The van der Waals surface area contributed by atoms with E-state index in [0.717, 1.165) is 38.5 Å². The molecule has 0 bridgehead atoms. The molecule has 0 fully saturated rings. The van der Waals surface area contributed by atoms with Crippen molar-refractivity contribution < 1.29 is 14.3 Å². The number of hydrogen-bond acceptors (Lipinski definition) is 3. The Morgan fingerprint density at radius 3 is 2.62 bits per heavy atom. The minimum absolute atomic E-state index is 0.152. The Bertz CT molecular complexity index is 1480. The van der Waals surface area contributed by atoms with Crippen LogP contribution in [0, 0.1) is 6.92 Å². The monoisotopic (exact) mass is 453 g/mol. The highest BCUT2D eigenvalue weighted by molar-refractivity contribution is 5.98. The summed E-state index contributed by atoms with van der Waals surface area (Å²) in [6.45, 7) is 2.42. The van der Waals surface area contributed by atoms with Crippen LogP contribution in [0.1, 0.15) is 33.1 Å². The number of hydrogen-bond donors (Lipinski definition) is 3. The Kier molecular flexibility index (Phi) is 5.72. The summed E-state index contributed by atoms with van der Waals surface area (Å²) in [5, 5.41) is 5.25. The molecular formula is C28H27N3O3. The van der Waals surface area contributed by atoms with Gasteiger partial charge in [-0.1, -0.05) is 42.5 Å². The zero-order valence-corrected chi connectivity index (χ0v) is 19.4. The average molecular weight is 454 g/mol. The van der Waals surface area contributed by atoms with E-state index in [1.165, 1.54) is 0 Å². The van der Waals surface area contributed by atoms with E-state index >= 15 is 0 Å². The van der Waals surface area contributed by atoms with Gasteiger partial charge in [-0.25, -0.2) is 0 Å². The second kappa shape index (κ2) is 8.98. The van der Waals surface area contributed by atoms with E-state index in [1.54, 1.807) is 14.2 Å². The molecule has 3 aromatic carbocycles. The molecule has 0 saturated carbocycles. The Balaban J connectivity index is 1.52. The summed E-state index contributed by atoms with van der Waals surface area (Å²) < 4.78 is 11.3. The minimum Gasteiger partial charge on any atom is -0.493 e. The quantitative estimate of drug-likeness (QED) is 0.303. The van der Waals surface area contributed by atoms with Crippen LogP contribution in [0.2, 0.25) is 0 Å². The van der Waals surface area contributed by atoms with Crippen LogP contribution in [0.3, 0.4) is 0 Å². The number of carbonyl (C=O) groups is 1. The lowest BCUT2D eigenvalue weighted by Crippen LogP contribution is -2.29. The summed E-state index contributed by atoms with van der Waals surface area (Å²) in [6, 6.07) is 22.0. The standard InChI is InChI=1S/C28H27N3O3/c1-17-11-12-18-14-25(31-24(18)13-17)28(32)30-16-22(20-8-6-10-26(33-2)27(20)34-3)21-15-29-23-9-5-4-7-19(21)23/h4-15,22,29,31H,16H2,1-3H3,(H,30,32). The molecule has 5 aromatic rings. The van der Waals surface area contributed by atoms with Gasteiger partial charge in [0.2, 0.25) is 0 Å². The number of carbonyl (C=O) groups excluding carboxylic acids is 1. The second-order valence-corrected chi connectivity index (χ2v) is 8.41. The van der Waals surface area contributed by atoms with Gasteiger partial charge in [0.05, 0.1) is 14.2 Å². The van der Waals surface area contributed by atoms with Crippen molar-refractivity contribution in [2.75, 3.05) is 20.8 Å². The number of benzene rings is 3. The molecule has 0 saturated heterocycles. The van der Waals surface area contributed by atoms with E-state index in [4.69, 9.17) is 9.47 Å². The van der Waals surface area contributed by atoms with Crippen LogP contribution in [-0.2, 0) is 0 Å². The Morgan fingerprint density at radius 2 is 1.79 bits per heavy atom. The summed E-state index contributed by atoms with van der Waals surface area (Å²) in [4.78, 5) is 19.7. The average Bonchev–Trinajstić information content (AvgIpc) is 3.48. The van der Waals surface area contributed by atoms with Gasteiger partial charge in [-0.2, -0.15) is 0 Å². The van der Waals surface area contributed by atoms with Crippen LogP contribution in [-0.4, -0.2) is 36.6 Å². The number of ether oxygens (including phenoxy) is 2. The molecule has 1 amide bonds. The van der Waals surface area contributed by atoms with Crippen LogP contribution in [0.4, 0.5) is 0 Å². The van der Waals surface area contributed by atoms with E-state index in [2.05, 4.69) is 21.4 Å². The zero-order chi connectivity index (χ0) is 23.7. The summed E-state index contributed by atoms with van der Waals surface area (Å²) in [5.41, 5.74) is 5.70. The normalized spacial score (nSPS) is 12.1. The largest absolute Gasteiger partial charge is 0.493 e. The van der Waals surface area contributed by atoms with E-state index in [0.29, 0.717) is 23.7 Å². The van der Waals surface area contributed by atoms with Crippen molar-refractivity contribution in [1.29, 1.82) is 0 Å². The summed E-state index contributed by atoms with van der Waals surface area (Å²) in [6.07, 6.45) is 2.01. The van der Waals surface area contributed by atoms with E-state index in [1.807, 2.05) is 73.8 Å². The van der Waals surface area contributed by atoms with Gasteiger partial charge in [-0.15, -0.1) is 0 Å². The van der Waals surface area contributed by atoms with Gasteiger partial charge in [-0.3, -0.25) is 4.79 Å². The number of nitrogens with one attached hydrogen (secondary N) is 3. The highest BCUT2D eigenvalue weighted by Crippen LogP contribution is 2.40. The van der Waals surface area contributed by atoms with Crippen molar-refractivity contribution in [1.82, 2.24) is 15.3 Å². The highest BCUT2D eigenvalue weighted by atomic mass is 16.5. The molecule has 2 aromatic heterocycles. The maximum atomic E-state index is 13.1. The Morgan fingerprint density at radius 1 is 0.941 bits per heavy atom. The number of para-hydroxylation sites is 2. The molecular weight excluding hydrogens is 426 g/mol. The first-order valence-corrected chi connectivity index (χ1v) is 11.2. The maximum Gasteiger partial charge on any atom is 0.267 e. The topological polar surface area (TPSA) is 79.1 Å². The van der Waals surface area contributed by atoms with Gasteiger partial charge in [0.1, 0.15) is 5.69 Å². The number of methoxy groups -OCH3 is 2. The fourth-order valence-corrected chi connectivity index (χ4v) is 4.61. The van der Waals surface area contributed by atoms with Gasteiger partial charge >= 0.3 is 0 Å². The predicted molar refractivity (Wildman–Crippen MR) is 135 cm³/mol. The van der Waals surface area contributed by atoms with E-state index in [9.17, 15) is 4.79 Å². The first kappa shape index (κ1) is 21.6. The molecule has 5 rings (SSSR count). The lowest BCUT2D eigenvalue weighted by molar-refractivity contribution is 0.0948. The summed E-state index contributed by atoms with van der Waals surface area (Å²) in [7, 11) is 3.26. The molecule has 34 heavy (non-hydrogen) atoms. The van der Waals surface area contributed by atoms with E-state index < -0.39 is 0 Å². The molecule has 1 atom stereocenters. The smallest absolute Gasteiger partial charge is 0.267 e. The van der Waals surface area contributed by atoms with Crippen LogP contribution >= 0.6 is 0 Å². The number of aromatic nitrogens is 2. The summed E-state index contributed by atoms with van der Waals surface area (Å²) in [5.74, 6) is 1.01. The number of fused-ring (bicyclic) bond motifs is 2. The van der Waals surface area contributed by atoms with Crippen molar-refractivity contribution in [2.45, 2.75) is 12.8 Å². The SMILES string of the molecule is COc1cccc(C(CNC(=O)c2cc3ccc(C)cc3[nH]2)c2c[nH]c3ccccc23)c1OC. The molecule has 172 valence electrons. The number of rotatable bonds is 7. The van der Waals surface area contributed by atoms with Gasteiger partial charge in [-0.05, 0) is 42.3 Å². The third kappa shape index (κ3) is 3.88. The number of amides is 1. The predicted octanol–water partition coefficient (Wildman–Crippen LogP) is 5.54. The van der Waals surface area contributed by atoms with Gasteiger partial charge in [0.25, 0.3) is 5.91 Å². The van der Waals surface area contributed by atoms with Crippen LogP contribution in [0.25, 0.3) is 21.8 Å². The molecule has 3 N–H and O–H groups in total. The molecule has 0 aliphatic carbocycles.